The number of hydrogen-bond donors (Lipinski definition) is 0. The van der Waals surface area contributed by atoms with Crippen LogP contribution in [0, 0.1) is 0 Å². The van der Waals surface area contributed by atoms with Gasteiger partial charge in [-0.3, -0.25) is 4.79 Å². The average molecular weight is 262 g/mol. The summed E-state index contributed by atoms with van der Waals surface area (Å²) in [5.74, 6) is 0.175. The number of hydrogen-bond acceptors (Lipinski definition) is 2. The van der Waals surface area contributed by atoms with E-state index in [4.69, 9.17) is 0 Å². The summed E-state index contributed by atoms with van der Waals surface area (Å²) in [7, 11) is 0. The van der Waals surface area contributed by atoms with Crippen LogP contribution in [0.5, 0.6) is 0 Å². The number of carbonyl (C=O) groups is 1. The lowest BCUT2D eigenvalue weighted by atomic mass is 10.0. The number of amides is 1. The first kappa shape index (κ1) is 10.5. The van der Waals surface area contributed by atoms with Crippen LogP contribution in [0.1, 0.15) is 27.5 Å². The van der Waals surface area contributed by atoms with Crippen LogP contribution in [-0.4, -0.2) is 23.4 Å². The van der Waals surface area contributed by atoms with Gasteiger partial charge in [0, 0.05) is 18.8 Å². The van der Waals surface area contributed by atoms with Crippen molar-refractivity contribution in [2.45, 2.75) is 18.6 Å². The first-order valence-electron chi connectivity index (χ1n) is 7.09. The fraction of sp³-hybridized carbons (Fsp3) is 0.235. The Hall–Kier alpha value is -2.29. The number of benzene rings is 2. The lowest BCUT2D eigenvalue weighted by Gasteiger charge is -2.23. The van der Waals surface area contributed by atoms with Crippen LogP contribution in [0.4, 0.5) is 5.69 Å². The molecule has 0 aliphatic carbocycles. The fourth-order valence-electron chi connectivity index (χ4n) is 3.79. The molecule has 3 aliphatic heterocycles. The van der Waals surface area contributed by atoms with Gasteiger partial charge in [-0.05, 0) is 23.3 Å². The maximum Gasteiger partial charge on any atom is 0.256 e. The lowest BCUT2D eigenvalue weighted by molar-refractivity contribution is 0.0698. The van der Waals surface area contributed by atoms with Gasteiger partial charge in [0.15, 0.2) is 0 Å². The molecule has 0 bridgehead atoms. The van der Waals surface area contributed by atoms with Crippen molar-refractivity contribution in [2.75, 3.05) is 11.4 Å². The molecule has 1 amide bonds. The highest BCUT2D eigenvalue weighted by Gasteiger charge is 2.52. The highest BCUT2D eigenvalue weighted by atomic mass is 16.2. The van der Waals surface area contributed by atoms with E-state index in [-0.39, 0.29) is 11.9 Å². The summed E-state index contributed by atoms with van der Waals surface area (Å²) in [6.07, 6.45) is 0. The molecular formula is C17H14N2O. The van der Waals surface area contributed by atoms with E-state index >= 15 is 0 Å². The summed E-state index contributed by atoms with van der Waals surface area (Å²) in [4.78, 5) is 17.3. The van der Waals surface area contributed by atoms with Crippen molar-refractivity contribution in [3.05, 3.63) is 65.2 Å². The van der Waals surface area contributed by atoms with Gasteiger partial charge in [-0.15, -0.1) is 0 Å². The van der Waals surface area contributed by atoms with Gasteiger partial charge in [-0.2, -0.15) is 0 Å². The predicted octanol–water partition coefficient (Wildman–Crippen LogP) is 2.59. The lowest BCUT2D eigenvalue weighted by Crippen LogP contribution is -2.31. The number of para-hydroxylation sites is 1. The minimum Gasteiger partial charge on any atom is -0.362 e. The van der Waals surface area contributed by atoms with E-state index in [2.05, 4.69) is 40.1 Å². The van der Waals surface area contributed by atoms with E-state index in [1.807, 2.05) is 18.2 Å². The van der Waals surface area contributed by atoms with E-state index in [1.54, 1.807) is 0 Å². The van der Waals surface area contributed by atoms with Gasteiger partial charge in [-0.1, -0.05) is 36.4 Å². The van der Waals surface area contributed by atoms with E-state index in [1.165, 1.54) is 11.1 Å². The summed E-state index contributed by atoms with van der Waals surface area (Å²) in [6.45, 7) is 1.80. The van der Waals surface area contributed by atoms with E-state index in [0.29, 0.717) is 6.04 Å². The number of rotatable bonds is 0. The molecule has 3 heterocycles. The molecular weight excluding hydrogens is 248 g/mol. The van der Waals surface area contributed by atoms with Gasteiger partial charge in [0.05, 0.1) is 17.6 Å². The molecule has 3 nitrogen and oxygen atoms in total. The number of fused-ring (bicyclic) bond motifs is 7. The third-order valence-electron chi connectivity index (χ3n) is 4.77. The zero-order valence-electron chi connectivity index (χ0n) is 11.0. The van der Waals surface area contributed by atoms with Crippen molar-refractivity contribution in [3.63, 3.8) is 0 Å². The zero-order valence-corrected chi connectivity index (χ0v) is 11.0. The van der Waals surface area contributed by atoms with Crippen LogP contribution in [0.15, 0.2) is 48.5 Å². The Labute approximate surface area is 117 Å². The van der Waals surface area contributed by atoms with Crippen LogP contribution in [-0.2, 0) is 6.54 Å². The molecule has 1 saturated heterocycles. The predicted molar refractivity (Wildman–Crippen MR) is 76.6 cm³/mol. The van der Waals surface area contributed by atoms with Crippen molar-refractivity contribution in [1.29, 1.82) is 0 Å². The van der Waals surface area contributed by atoms with Gasteiger partial charge in [0.1, 0.15) is 0 Å². The molecule has 1 fully saturated rings. The zero-order chi connectivity index (χ0) is 13.3. The summed E-state index contributed by atoms with van der Waals surface area (Å²) in [5.41, 5.74) is 4.60. The monoisotopic (exact) mass is 262 g/mol. The Bertz CT molecular complexity index is 739. The Kier molecular flexibility index (Phi) is 1.80. The third kappa shape index (κ3) is 1.18. The summed E-state index contributed by atoms with van der Waals surface area (Å²) in [6, 6.07) is 17.2. The molecule has 1 unspecified atom stereocenters. The largest absolute Gasteiger partial charge is 0.362 e. The molecule has 0 spiro atoms. The smallest absolute Gasteiger partial charge is 0.256 e. The highest BCUT2D eigenvalue weighted by molar-refractivity contribution is 6.02. The third-order valence-corrected chi connectivity index (χ3v) is 4.77. The van der Waals surface area contributed by atoms with Crippen LogP contribution in [0.3, 0.4) is 0 Å². The Morgan fingerprint density at radius 1 is 0.950 bits per heavy atom. The van der Waals surface area contributed by atoms with Crippen molar-refractivity contribution in [3.8, 4) is 0 Å². The quantitative estimate of drug-likeness (QED) is 0.681. The fourth-order valence-corrected chi connectivity index (χ4v) is 3.79. The number of nitrogens with zero attached hydrogens (tertiary/aromatic N) is 2. The molecule has 5 rings (SSSR count). The molecule has 2 aromatic carbocycles. The average Bonchev–Trinajstić information content (AvgIpc) is 3.19. The van der Waals surface area contributed by atoms with Gasteiger partial charge in [0.2, 0.25) is 0 Å². The van der Waals surface area contributed by atoms with E-state index < -0.39 is 0 Å². The highest BCUT2D eigenvalue weighted by Crippen LogP contribution is 2.48. The van der Waals surface area contributed by atoms with Crippen LogP contribution >= 0.6 is 0 Å². The Morgan fingerprint density at radius 3 is 2.70 bits per heavy atom. The molecule has 20 heavy (non-hydrogen) atoms. The maximum absolute atomic E-state index is 12.9. The van der Waals surface area contributed by atoms with Gasteiger partial charge in [0.25, 0.3) is 5.91 Å². The molecule has 2 atom stereocenters. The normalized spacial score (nSPS) is 25.5. The first-order chi connectivity index (χ1) is 9.84. The summed E-state index contributed by atoms with van der Waals surface area (Å²) >= 11 is 0. The topological polar surface area (TPSA) is 23.3 Å². The molecule has 3 heteroatoms. The molecule has 2 aromatic rings. The van der Waals surface area contributed by atoms with Gasteiger partial charge in [-0.25, -0.2) is 0 Å². The Balaban J connectivity index is 1.70. The minimum absolute atomic E-state index is 0.175. The van der Waals surface area contributed by atoms with E-state index in [9.17, 15) is 4.79 Å². The van der Waals surface area contributed by atoms with Gasteiger partial charge >= 0.3 is 0 Å². The van der Waals surface area contributed by atoms with Gasteiger partial charge < -0.3 is 9.80 Å². The molecule has 3 aliphatic rings. The first-order valence-corrected chi connectivity index (χ1v) is 7.09. The van der Waals surface area contributed by atoms with E-state index in [0.717, 1.165) is 24.3 Å². The molecule has 98 valence electrons. The Morgan fingerprint density at radius 2 is 1.75 bits per heavy atom. The standard InChI is InChI=1S/C17H14N2O/c20-17-13-7-3-4-8-14(13)18-10-15(18)16-12-6-2-1-5-11(12)9-19(16)17/h1-8,15-16H,9-10H2/t15-,16?,18?/m1/s1. The summed E-state index contributed by atoms with van der Waals surface area (Å²) in [5, 5.41) is 0. The van der Waals surface area contributed by atoms with Crippen molar-refractivity contribution in [2.24, 2.45) is 0 Å². The molecule has 0 N–H and O–H groups in total. The molecule has 0 radical (unpaired) electrons. The molecule has 0 saturated carbocycles. The van der Waals surface area contributed by atoms with Crippen molar-refractivity contribution < 1.29 is 4.79 Å². The minimum atomic E-state index is 0.175. The second-order valence-electron chi connectivity index (χ2n) is 5.81. The molecule has 0 aromatic heterocycles. The van der Waals surface area contributed by atoms with Crippen LogP contribution in [0.25, 0.3) is 0 Å². The maximum atomic E-state index is 12.9. The second kappa shape index (κ2) is 3.42. The van der Waals surface area contributed by atoms with Crippen molar-refractivity contribution in [1.82, 2.24) is 4.90 Å². The SMILES string of the molecule is O=C1c2ccccc2N2C[C@@H]2C2c3ccccc3CN12. The van der Waals surface area contributed by atoms with Crippen molar-refractivity contribution >= 4 is 11.6 Å². The second-order valence-corrected chi connectivity index (χ2v) is 5.81. The number of anilines is 1. The van der Waals surface area contributed by atoms with Crippen LogP contribution in [0.2, 0.25) is 0 Å². The summed E-state index contributed by atoms with van der Waals surface area (Å²) < 4.78 is 0. The van der Waals surface area contributed by atoms with Crippen LogP contribution < -0.4 is 4.90 Å². The number of carbonyl (C=O) groups excluding carboxylic acids is 1.